The lowest BCUT2D eigenvalue weighted by Crippen LogP contribution is -2.44. The van der Waals surface area contributed by atoms with Crippen LogP contribution < -0.4 is 5.32 Å². The number of carbonyl (C=O) groups excluding carboxylic acids is 2. The molecule has 24 heavy (non-hydrogen) atoms. The minimum Gasteiger partial charge on any atom is -0.465 e. The van der Waals surface area contributed by atoms with Crippen molar-refractivity contribution in [3.05, 3.63) is 52.4 Å². The van der Waals surface area contributed by atoms with E-state index in [0.29, 0.717) is 10.6 Å². The second kappa shape index (κ2) is 7.15. The number of carbonyl (C=O) groups is 2. The quantitative estimate of drug-likeness (QED) is 0.867. The molecule has 1 aliphatic rings. The van der Waals surface area contributed by atoms with Crippen LogP contribution in [-0.4, -0.2) is 36.5 Å². The molecule has 3 rings (SSSR count). The number of anilines is 1. The summed E-state index contributed by atoms with van der Waals surface area (Å²) >= 11 is 1.32. The fourth-order valence-corrected chi connectivity index (χ4v) is 3.64. The van der Waals surface area contributed by atoms with Gasteiger partial charge in [0.25, 0.3) is 0 Å². The van der Waals surface area contributed by atoms with Crippen LogP contribution in [0.4, 0.5) is 5.00 Å². The lowest BCUT2D eigenvalue weighted by Gasteiger charge is -2.32. The average Bonchev–Trinajstić information content (AvgIpc) is 3.08. The van der Waals surface area contributed by atoms with E-state index in [1.807, 2.05) is 13.0 Å². The third-order valence-electron chi connectivity index (χ3n) is 4.35. The molecule has 0 radical (unpaired) electrons. The zero-order chi connectivity index (χ0) is 17.1. The second-order valence-corrected chi connectivity index (χ2v) is 6.76. The first-order chi connectivity index (χ1) is 11.6. The topological polar surface area (TPSA) is 58.6 Å². The normalized spacial score (nSPS) is 15.4. The Balaban J connectivity index is 1.63. The summed E-state index contributed by atoms with van der Waals surface area (Å²) in [5.41, 5.74) is 3.10. The van der Waals surface area contributed by atoms with Crippen molar-refractivity contribution >= 4 is 28.2 Å². The Bertz CT molecular complexity index is 756. The van der Waals surface area contributed by atoms with E-state index in [2.05, 4.69) is 33.2 Å². The van der Waals surface area contributed by atoms with Gasteiger partial charge in [-0.2, -0.15) is 0 Å². The van der Waals surface area contributed by atoms with Gasteiger partial charge in [0.2, 0.25) is 5.91 Å². The maximum absolute atomic E-state index is 12.5. The summed E-state index contributed by atoms with van der Waals surface area (Å²) in [6.45, 7) is 3.56. The molecule has 1 amide bonds. The van der Waals surface area contributed by atoms with Gasteiger partial charge in [-0.3, -0.25) is 9.69 Å². The number of rotatable bonds is 4. The number of nitrogens with zero attached hydrogens (tertiary/aromatic N) is 1. The van der Waals surface area contributed by atoms with Crippen molar-refractivity contribution in [3.63, 3.8) is 0 Å². The number of thiophene rings is 1. The molecule has 0 fully saturated rings. The summed E-state index contributed by atoms with van der Waals surface area (Å²) in [4.78, 5) is 26.2. The van der Waals surface area contributed by atoms with Crippen LogP contribution in [0.5, 0.6) is 0 Å². The molecule has 5 nitrogen and oxygen atoms in total. The van der Waals surface area contributed by atoms with E-state index in [1.165, 1.54) is 29.6 Å². The van der Waals surface area contributed by atoms with Crippen LogP contribution in [-0.2, 0) is 22.5 Å². The third kappa shape index (κ3) is 3.49. The van der Waals surface area contributed by atoms with Crippen molar-refractivity contribution in [2.24, 2.45) is 0 Å². The highest BCUT2D eigenvalue weighted by Gasteiger charge is 2.25. The summed E-state index contributed by atoms with van der Waals surface area (Å²) in [5, 5.41) is 5.23. The van der Waals surface area contributed by atoms with Gasteiger partial charge in [-0.15, -0.1) is 11.3 Å². The van der Waals surface area contributed by atoms with Crippen molar-refractivity contribution in [1.82, 2.24) is 4.90 Å². The minimum absolute atomic E-state index is 0.0624. The molecule has 0 bridgehead atoms. The van der Waals surface area contributed by atoms with E-state index < -0.39 is 5.97 Å². The van der Waals surface area contributed by atoms with Crippen LogP contribution in [0, 0.1) is 0 Å². The Morgan fingerprint density at radius 3 is 2.79 bits per heavy atom. The molecule has 126 valence electrons. The van der Waals surface area contributed by atoms with Crippen LogP contribution in [0.3, 0.4) is 0 Å². The smallest absolute Gasteiger partial charge is 0.338 e. The summed E-state index contributed by atoms with van der Waals surface area (Å²) in [7, 11) is 1.34. The van der Waals surface area contributed by atoms with Gasteiger partial charge in [0.05, 0.1) is 23.7 Å². The molecule has 0 spiro atoms. The van der Waals surface area contributed by atoms with Crippen LogP contribution in [0.15, 0.2) is 35.7 Å². The SMILES string of the molecule is COC(=O)c1csc(NC(=O)[C@@H](C)N2CCc3ccccc3C2)c1. The summed E-state index contributed by atoms with van der Waals surface area (Å²) < 4.78 is 4.68. The molecule has 0 unspecified atom stereocenters. The maximum atomic E-state index is 12.5. The van der Waals surface area contributed by atoms with Crippen LogP contribution >= 0.6 is 11.3 Å². The average molecular weight is 344 g/mol. The lowest BCUT2D eigenvalue weighted by atomic mass is 9.99. The second-order valence-electron chi connectivity index (χ2n) is 5.85. The van der Waals surface area contributed by atoms with Gasteiger partial charge in [0, 0.05) is 18.5 Å². The number of hydrogen-bond donors (Lipinski definition) is 1. The zero-order valence-corrected chi connectivity index (χ0v) is 14.6. The van der Waals surface area contributed by atoms with E-state index in [9.17, 15) is 9.59 Å². The lowest BCUT2D eigenvalue weighted by molar-refractivity contribution is -0.121. The Kier molecular flexibility index (Phi) is 4.97. The van der Waals surface area contributed by atoms with Gasteiger partial charge < -0.3 is 10.1 Å². The highest BCUT2D eigenvalue weighted by Crippen LogP contribution is 2.23. The third-order valence-corrected chi connectivity index (χ3v) is 5.20. The number of esters is 1. The van der Waals surface area contributed by atoms with Gasteiger partial charge in [-0.1, -0.05) is 24.3 Å². The van der Waals surface area contributed by atoms with Crippen molar-refractivity contribution in [1.29, 1.82) is 0 Å². The van der Waals surface area contributed by atoms with Gasteiger partial charge >= 0.3 is 5.97 Å². The largest absolute Gasteiger partial charge is 0.465 e. The molecule has 6 heteroatoms. The number of fused-ring (bicyclic) bond motifs is 1. The molecule has 2 heterocycles. The Morgan fingerprint density at radius 1 is 1.29 bits per heavy atom. The first-order valence-electron chi connectivity index (χ1n) is 7.87. The van der Waals surface area contributed by atoms with Gasteiger partial charge in [-0.05, 0) is 30.5 Å². The highest BCUT2D eigenvalue weighted by molar-refractivity contribution is 7.14. The minimum atomic E-state index is -0.396. The molecule has 0 saturated heterocycles. The number of benzene rings is 1. The Hall–Kier alpha value is -2.18. The van der Waals surface area contributed by atoms with Crippen LogP contribution in [0.1, 0.15) is 28.4 Å². The fraction of sp³-hybridized carbons (Fsp3) is 0.333. The first-order valence-corrected chi connectivity index (χ1v) is 8.75. The van der Waals surface area contributed by atoms with E-state index in [-0.39, 0.29) is 11.9 Å². The summed E-state index contributed by atoms with van der Waals surface area (Å²) in [5.74, 6) is -0.458. The van der Waals surface area contributed by atoms with E-state index in [4.69, 9.17) is 0 Å². The van der Waals surface area contributed by atoms with Gasteiger partial charge in [0.1, 0.15) is 0 Å². The molecule has 1 aromatic heterocycles. The van der Waals surface area contributed by atoms with Crippen LogP contribution in [0.2, 0.25) is 0 Å². The molecule has 0 saturated carbocycles. The van der Waals surface area contributed by atoms with Gasteiger partial charge in [0.15, 0.2) is 0 Å². The fourth-order valence-electron chi connectivity index (χ4n) is 2.87. The van der Waals surface area contributed by atoms with E-state index >= 15 is 0 Å². The molecular weight excluding hydrogens is 324 g/mol. The predicted molar refractivity (Wildman–Crippen MR) is 94.3 cm³/mol. The first kappa shape index (κ1) is 16.7. The van der Waals surface area contributed by atoms with E-state index in [1.54, 1.807) is 11.4 Å². The maximum Gasteiger partial charge on any atom is 0.338 e. The molecule has 1 N–H and O–H groups in total. The van der Waals surface area contributed by atoms with Crippen LogP contribution in [0.25, 0.3) is 0 Å². The Morgan fingerprint density at radius 2 is 2.04 bits per heavy atom. The van der Waals surface area contributed by atoms with Crippen molar-refractivity contribution in [3.8, 4) is 0 Å². The predicted octanol–water partition coefficient (Wildman–Crippen LogP) is 2.92. The summed E-state index contributed by atoms with van der Waals surface area (Å²) in [6, 6.07) is 9.77. The van der Waals surface area contributed by atoms with Crippen molar-refractivity contribution in [2.75, 3.05) is 19.0 Å². The zero-order valence-electron chi connectivity index (χ0n) is 13.7. The molecule has 1 aromatic carbocycles. The standard InChI is InChI=1S/C18H20N2O3S/c1-12(20-8-7-13-5-3-4-6-14(13)10-20)17(21)19-16-9-15(11-24-16)18(22)23-2/h3-6,9,11-12H,7-8,10H2,1-2H3,(H,19,21)/t12-/m1/s1. The number of methoxy groups -OCH3 is 1. The number of nitrogens with one attached hydrogen (secondary N) is 1. The molecule has 0 aliphatic carbocycles. The molecule has 1 atom stereocenters. The molecular formula is C18H20N2O3S. The van der Waals surface area contributed by atoms with Crippen molar-refractivity contribution in [2.45, 2.75) is 25.9 Å². The monoisotopic (exact) mass is 344 g/mol. The van der Waals surface area contributed by atoms with Gasteiger partial charge in [-0.25, -0.2) is 4.79 Å². The van der Waals surface area contributed by atoms with Crippen molar-refractivity contribution < 1.29 is 14.3 Å². The molecule has 1 aliphatic heterocycles. The molecule has 2 aromatic rings. The number of amides is 1. The highest BCUT2D eigenvalue weighted by atomic mass is 32.1. The number of hydrogen-bond acceptors (Lipinski definition) is 5. The Labute approximate surface area is 145 Å². The van der Waals surface area contributed by atoms with E-state index in [0.717, 1.165) is 19.5 Å². The summed E-state index contributed by atoms with van der Waals surface area (Å²) in [6.07, 6.45) is 0.958. The number of ether oxygens (including phenoxy) is 1.